The van der Waals surface area contributed by atoms with Crippen molar-refractivity contribution in [3.05, 3.63) is 43.1 Å². The molecule has 2 heterocycles. The molecule has 14 nitrogen and oxygen atoms in total. The average Bonchev–Trinajstić information content (AvgIpc) is 3.95. The number of carbonyl (C=O) groups excluding carboxylic acids is 4. The molecule has 0 bridgehead atoms. The monoisotopic (exact) mass is 712 g/mol. The van der Waals surface area contributed by atoms with Crippen LogP contribution in [0.15, 0.2) is 43.1 Å². The number of aromatic nitrogens is 1. The molecule has 5 atom stereocenters. The molecule has 50 heavy (non-hydrogen) atoms. The number of methoxy groups -OCH3 is 1. The van der Waals surface area contributed by atoms with E-state index in [4.69, 9.17) is 9.47 Å². The number of likely N-dealkylation sites (tertiary alicyclic amines) is 1. The molecule has 1 aromatic carbocycles. The molecule has 272 valence electrons. The van der Waals surface area contributed by atoms with Gasteiger partial charge in [-0.25, -0.2) is 18.2 Å². The van der Waals surface area contributed by atoms with Crippen molar-refractivity contribution >= 4 is 44.5 Å². The summed E-state index contributed by atoms with van der Waals surface area (Å²) in [6.45, 7) is 14.6. The van der Waals surface area contributed by atoms with E-state index in [1.54, 1.807) is 40.1 Å². The zero-order valence-corrected chi connectivity index (χ0v) is 30.5. The normalized spacial score (nSPS) is 24.1. The summed E-state index contributed by atoms with van der Waals surface area (Å²) in [5, 5.41) is 9.29. The molecular formula is C35H48N6O8S. The van der Waals surface area contributed by atoms with Crippen LogP contribution in [-0.4, -0.2) is 90.2 Å². The smallest absolute Gasteiger partial charge is 0.315 e. The van der Waals surface area contributed by atoms with Gasteiger partial charge in [-0.2, -0.15) is 0 Å². The van der Waals surface area contributed by atoms with Crippen molar-refractivity contribution in [3.63, 3.8) is 0 Å². The van der Waals surface area contributed by atoms with E-state index in [0.717, 1.165) is 5.39 Å². The van der Waals surface area contributed by atoms with Crippen LogP contribution in [0.5, 0.6) is 11.6 Å². The SMILES string of the molecule is C=C[C@@H]1CC1(NC(=O)[C@@H]1CC(Oc2nccc3cc(OC)ccc23)CN1C(=O)[C@@H](NC(=O)NC(C)(C)C)C(C)(C)C)C(=O)NS(=O)(=O)C1CC1. The van der Waals surface area contributed by atoms with Gasteiger partial charge in [-0.3, -0.25) is 19.1 Å². The highest BCUT2D eigenvalue weighted by Crippen LogP contribution is 2.45. The number of sulfonamides is 1. The Morgan fingerprint density at radius 3 is 2.38 bits per heavy atom. The Balaban J connectivity index is 1.44. The first-order valence-electron chi connectivity index (χ1n) is 16.8. The molecule has 2 aromatic rings. The largest absolute Gasteiger partial charge is 0.497 e. The Kier molecular flexibility index (Phi) is 9.87. The number of pyridine rings is 1. The zero-order valence-electron chi connectivity index (χ0n) is 29.7. The third-order valence-electron chi connectivity index (χ3n) is 9.19. The van der Waals surface area contributed by atoms with E-state index >= 15 is 0 Å². The minimum Gasteiger partial charge on any atom is -0.497 e. The van der Waals surface area contributed by atoms with Crippen molar-refractivity contribution < 1.29 is 37.1 Å². The first-order valence-corrected chi connectivity index (χ1v) is 18.3. The number of benzene rings is 1. The van der Waals surface area contributed by atoms with Crippen LogP contribution in [0.2, 0.25) is 0 Å². The Bertz CT molecular complexity index is 1800. The third-order valence-corrected chi connectivity index (χ3v) is 11.0. The van der Waals surface area contributed by atoms with Crippen LogP contribution in [0.4, 0.5) is 4.79 Å². The van der Waals surface area contributed by atoms with E-state index in [1.165, 1.54) is 11.0 Å². The molecular weight excluding hydrogens is 664 g/mol. The molecule has 3 aliphatic rings. The van der Waals surface area contributed by atoms with Crippen LogP contribution in [0.25, 0.3) is 10.8 Å². The summed E-state index contributed by atoms with van der Waals surface area (Å²) < 4.78 is 39.2. The Morgan fingerprint density at radius 1 is 1.10 bits per heavy atom. The first-order chi connectivity index (χ1) is 23.3. The minimum atomic E-state index is -3.89. The van der Waals surface area contributed by atoms with Gasteiger partial charge in [0.2, 0.25) is 27.7 Å². The molecule has 0 spiro atoms. The average molecular weight is 713 g/mol. The molecule has 1 saturated heterocycles. The summed E-state index contributed by atoms with van der Waals surface area (Å²) in [5.74, 6) is -1.57. The number of hydrogen-bond acceptors (Lipinski definition) is 9. The fourth-order valence-corrected chi connectivity index (χ4v) is 7.59. The molecule has 0 radical (unpaired) electrons. The van der Waals surface area contributed by atoms with Crippen LogP contribution in [0, 0.1) is 11.3 Å². The lowest BCUT2D eigenvalue weighted by Crippen LogP contribution is -2.61. The highest BCUT2D eigenvalue weighted by molar-refractivity contribution is 7.91. The second kappa shape index (κ2) is 13.4. The van der Waals surface area contributed by atoms with Crippen molar-refractivity contribution in [2.45, 2.75) is 102 Å². The van der Waals surface area contributed by atoms with E-state index in [0.29, 0.717) is 29.9 Å². The van der Waals surface area contributed by atoms with Crippen LogP contribution in [0.3, 0.4) is 0 Å². The molecule has 2 aliphatic carbocycles. The Morgan fingerprint density at radius 2 is 1.80 bits per heavy atom. The third kappa shape index (κ3) is 7.98. The molecule has 5 rings (SSSR count). The van der Waals surface area contributed by atoms with E-state index in [2.05, 4.69) is 32.2 Å². The summed E-state index contributed by atoms with van der Waals surface area (Å²) in [4.78, 5) is 60.9. The second-order valence-corrected chi connectivity index (χ2v) is 17.5. The molecule has 15 heteroatoms. The van der Waals surface area contributed by atoms with Gasteiger partial charge in [0.1, 0.15) is 29.5 Å². The summed E-state index contributed by atoms with van der Waals surface area (Å²) >= 11 is 0. The van der Waals surface area contributed by atoms with Crippen LogP contribution < -0.4 is 30.1 Å². The van der Waals surface area contributed by atoms with Gasteiger partial charge in [-0.1, -0.05) is 26.8 Å². The fourth-order valence-electron chi connectivity index (χ4n) is 6.22. The Hall–Kier alpha value is -4.40. The molecule has 1 aromatic heterocycles. The number of rotatable bonds is 11. The number of carbonyl (C=O) groups is 4. The van der Waals surface area contributed by atoms with Gasteiger partial charge >= 0.3 is 6.03 Å². The summed E-state index contributed by atoms with van der Waals surface area (Å²) in [7, 11) is -2.32. The van der Waals surface area contributed by atoms with E-state index in [9.17, 15) is 27.6 Å². The fraction of sp³-hybridized carbons (Fsp3) is 0.571. The predicted octanol–water partition coefficient (Wildman–Crippen LogP) is 2.77. The van der Waals surface area contributed by atoms with Crippen molar-refractivity contribution in [3.8, 4) is 11.6 Å². The van der Waals surface area contributed by atoms with E-state index in [1.807, 2.05) is 39.0 Å². The number of nitrogens with one attached hydrogen (secondary N) is 4. The van der Waals surface area contributed by atoms with Gasteiger partial charge in [0.15, 0.2) is 0 Å². The highest BCUT2D eigenvalue weighted by atomic mass is 32.2. The van der Waals surface area contributed by atoms with Crippen molar-refractivity contribution in [2.75, 3.05) is 13.7 Å². The first kappa shape index (κ1) is 36.9. The Labute approximate surface area is 293 Å². The molecule has 3 fully saturated rings. The van der Waals surface area contributed by atoms with Gasteiger partial charge in [-0.05, 0) is 75.1 Å². The van der Waals surface area contributed by atoms with E-state index < -0.39 is 79.6 Å². The molecule has 2 unspecified atom stereocenters. The number of ether oxygens (including phenoxy) is 2. The summed E-state index contributed by atoms with van der Waals surface area (Å²) in [6.07, 6.45) is 3.50. The van der Waals surface area contributed by atoms with Gasteiger partial charge in [-0.15, -0.1) is 6.58 Å². The summed E-state index contributed by atoms with van der Waals surface area (Å²) in [5.41, 5.74) is -2.89. The molecule has 2 saturated carbocycles. The van der Waals surface area contributed by atoms with Crippen molar-refractivity contribution in [1.29, 1.82) is 0 Å². The summed E-state index contributed by atoms with van der Waals surface area (Å²) in [6, 6.07) is 4.51. The number of amides is 5. The lowest BCUT2D eigenvalue weighted by molar-refractivity contribution is -0.142. The lowest BCUT2D eigenvalue weighted by Gasteiger charge is -2.36. The van der Waals surface area contributed by atoms with Gasteiger partial charge in [0, 0.05) is 29.5 Å². The molecule has 5 amide bonds. The van der Waals surface area contributed by atoms with E-state index in [-0.39, 0.29) is 19.4 Å². The van der Waals surface area contributed by atoms with Gasteiger partial charge < -0.3 is 30.3 Å². The van der Waals surface area contributed by atoms with Crippen LogP contribution in [0.1, 0.15) is 67.2 Å². The van der Waals surface area contributed by atoms with Crippen molar-refractivity contribution in [2.24, 2.45) is 11.3 Å². The topological polar surface area (TPSA) is 185 Å². The van der Waals surface area contributed by atoms with Gasteiger partial charge in [0.25, 0.3) is 5.91 Å². The highest BCUT2D eigenvalue weighted by Gasteiger charge is 2.62. The second-order valence-electron chi connectivity index (χ2n) is 15.5. The van der Waals surface area contributed by atoms with Crippen LogP contribution in [-0.2, 0) is 24.4 Å². The maximum Gasteiger partial charge on any atom is 0.315 e. The standard InChI is InChI=1S/C35H48N6O8S/c1-9-21-18-35(21,31(44)40-50(46,47)24-11-12-24)38-28(42)26-17-23(49-29-25-13-10-22(48-8)16-20(25)14-15-36-29)19-41(26)30(43)27(33(2,3)4)37-32(45)39-34(5,6)7/h9-10,13-16,21,23-24,26-27H,1,11-12,17-19H2,2-8H3,(H,38,42)(H,40,44)(H2,37,39,45)/t21-,23?,26+,27-,35?/m1/s1. The number of nitrogens with zero attached hydrogens (tertiary/aromatic N) is 2. The molecule has 1 aliphatic heterocycles. The number of hydrogen-bond donors (Lipinski definition) is 4. The predicted molar refractivity (Wildman–Crippen MR) is 187 cm³/mol. The minimum absolute atomic E-state index is 0.0273. The van der Waals surface area contributed by atoms with Gasteiger partial charge in [0.05, 0.1) is 18.9 Å². The zero-order chi connectivity index (χ0) is 36.8. The maximum absolute atomic E-state index is 14.4. The van der Waals surface area contributed by atoms with Crippen molar-refractivity contribution in [1.82, 2.24) is 30.6 Å². The molecule has 4 N–H and O–H groups in total. The van der Waals surface area contributed by atoms with Crippen LogP contribution >= 0.6 is 0 Å². The maximum atomic E-state index is 14.4. The lowest BCUT2D eigenvalue weighted by atomic mass is 9.85. The number of fused-ring (bicyclic) bond motifs is 1. The quantitative estimate of drug-likeness (QED) is 0.255. The number of urea groups is 1.